The Hall–Kier alpha value is -0.910. The van der Waals surface area contributed by atoms with Crippen LogP contribution >= 0.6 is 24.0 Å². The number of benzene rings is 1. The molecule has 0 aliphatic rings. The highest BCUT2D eigenvalue weighted by molar-refractivity contribution is 14.0. The first-order valence-corrected chi connectivity index (χ1v) is 10.5. The van der Waals surface area contributed by atoms with Crippen LogP contribution in [0, 0.1) is 0 Å². The van der Waals surface area contributed by atoms with Crippen LogP contribution in [0.1, 0.15) is 25.5 Å². The Morgan fingerprint density at radius 3 is 2.23 bits per heavy atom. The summed E-state index contributed by atoms with van der Waals surface area (Å²) in [5.41, 5.74) is 1.26. The molecule has 1 aromatic carbocycles. The maximum absolute atomic E-state index is 11.1. The van der Waals surface area contributed by atoms with Crippen LogP contribution in [-0.2, 0) is 10.0 Å². The molecule has 0 saturated heterocycles. The van der Waals surface area contributed by atoms with Crippen LogP contribution < -0.4 is 15.4 Å². The number of guanidine groups is 1. The average molecular weight is 497 g/mol. The second-order valence-corrected chi connectivity index (χ2v) is 7.53. The summed E-state index contributed by atoms with van der Waals surface area (Å²) < 4.78 is 24.6. The number of aliphatic imine (C=N–C) groups is 1. The van der Waals surface area contributed by atoms with E-state index in [2.05, 4.69) is 63.4 Å². The lowest BCUT2D eigenvalue weighted by molar-refractivity contribution is 0.219. The first-order valence-electron chi connectivity index (χ1n) is 8.59. The SMILES string of the molecule is CCN(CC)C(CNC(=NC)NCCNS(C)(=O)=O)c1ccccc1.I. The minimum atomic E-state index is -3.17. The molecule has 1 rings (SSSR count). The monoisotopic (exact) mass is 497 g/mol. The van der Waals surface area contributed by atoms with Crippen LogP contribution in [0.2, 0.25) is 0 Å². The highest BCUT2D eigenvalue weighted by Gasteiger charge is 2.18. The minimum absolute atomic E-state index is 0. The molecule has 0 fully saturated rings. The van der Waals surface area contributed by atoms with Gasteiger partial charge in [0, 0.05) is 26.7 Å². The van der Waals surface area contributed by atoms with Crippen LogP contribution in [-0.4, -0.2) is 65.3 Å². The Labute approximate surface area is 175 Å². The van der Waals surface area contributed by atoms with Gasteiger partial charge in [0.2, 0.25) is 10.0 Å². The van der Waals surface area contributed by atoms with E-state index in [-0.39, 0.29) is 30.0 Å². The van der Waals surface area contributed by atoms with Crippen LogP contribution in [0.15, 0.2) is 35.3 Å². The molecule has 1 aromatic rings. The van der Waals surface area contributed by atoms with Crippen molar-refractivity contribution in [1.82, 2.24) is 20.3 Å². The lowest BCUT2D eigenvalue weighted by Crippen LogP contribution is -2.45. The lowest BCUT2D eigenvalue weighted by Gasteiger charge is -2.30. The highest BCUT2D eigenvalue weighted by atomic mass is 127. The summed E-state index contributed by atoms with van der Waals surface area (Å²) in [6, 6.07) is 10.6. The third-order valence-corrected chi connectivity index (χ3v) is 4.63. The second-order valence-electron chi connectivity index (χ2n) is 5.69. The molecule has 9 heteroatoms. The van der Waals surface area contributed by atoms with E-state index >= 15 is 0 Å². The molecule has 0 saturated carbocycles. The number of halogens is 1. The zero-order valence-corrected chi connectivity index (χ0v) is 19.2. The standard InChI is InChI=1S/C17H31N5O2S.HI/c1-5-22(6-2)16(15-10-8-7-9-11-15)14-20-17(18-3)19-12-13-21-25(4,23)24;/h7-11,16,21H,5-6,12-14H2,1-4H3,(H2,18,19,20);1H. The molecule has 0 aromatic heterocycles. The predicted octanol–water partition coefficient (Wildman–Crippen LogP) is 1.40. The average Bonchev–Trinajstić information content (AvgIpc) is 2.60. The molecule has 0 amide bonds. The number of nitrogens with zero attached hydrogens (tertiary/aromatic N) is 2. The van der Waals surface area contributed by atoms with Crippen molar-refractivity contribution in [3.8, 4) is 0 Å². The smallest absolute Gasteiger partial charge is 0.208 e. The van der Waals surface area contributed by atoms with E-state index in [9.17, 15) is 8.42 Å². The fourth-order valence-electron chi connectivity index (χ4n) is 2.63. The van der Waals surface area contributed by atoms with Gasteiger partial charge in [0.15, 0.2) is 5.96 Å². The zero-order chi connectivity index (χ0) is 18.7. The highest BCUT2D eigenvalue weighted by Crippen LogP contribution is 2.19. The van der Waals surface area contributed by atoms with E-state index in [0.29, 0.717) is 25.6 Å². The number of likely N-dealkylation sites (N-methyl/N-ethyl adjacent to an activating group) is 1. The third kappa shape index (κ3) is 9.70. The molecule has 3 N–H and O–H groups in total. The van der Waals surface area contributed by atoms with Gasteiger partial charge in [-0.2, -0.15) is 0 Å². The van der Waals surface area contributed by atoms with Crippen molar-refractivity contribution in [3.05, 3.63) is 35.9 Å². The number of rotatable bonds is 10. The van der Waals surface area contributed by atoms with Gasteiger partial charge < -0.3 is 10.6 Å². The lowest BCUT2D eigenvalue weighted by atomic mass is 10.1. The molecule has 0 bridgehead atoms. The molecule has 1 atom stereocenters. The minimum Gasteiger partial charge on any atom is -0.355 e. The Balaban J connectivity index is 0.00000625. The number of hydrogen-bond acceptors (Lipinski definition) is 4. The third-order valence-electron chi connectivity index (χ3n) is 3.91. The normalized spacial score (nSPS) is 13.2. The summed E-state index contributed by atoms with van der Waals surface area (Å²) in [6.45, 7) is 7.73. The molecule has 7 nitrogen and oxygen atoms in total. The van der Waals surface area contributed by atoms with Crippen LogP contribution in [0.5, 0.6) is 0 Å². The summed E-state index contributed by atoms with van der Waals surface area (Å²) in [4.78, 5) is 6.59. The van der Waals surface area contributed by atoms with Crippen LogP contribution in [0.25, 0.3) is 0 Å². The van der Waals surface area contributed by atoms with E-state index in [1.54, 1.807) is 7.05 Å². The predicted molar refractivity (Wildman–Crippen MR) is 120 cm³/mol. The van der Waals surface area contributed by atoms with Crippen LogP contribution in [0.3, 0.4) is 0 Å². The topological polar surface area (TPSA) is 85.8 Å². The molecule has 0 aliphatic heterocycles. The Kier molecular flexibility index (Phi) is 12.8. The summed E-state index contributed by atoms with van der Waals surface area (Å²) >= 11 is 0. The van der Waals surface area contributed by atoms with Crippen molar-refractivity contribution in [3.63, 3.8) is 0 Å². The Bertz CT molecular complexity index is 621. The van der Waals surface area contributed by atoms with E-state index in [0.717, 1.165) is 19.3 Å². The number of hydrogen-bond donors (Lipinski definition) is 3. The molecular formula is C17H32IN5O2S. The molecule has 0 aliphatic carbocycles. The maximum Gasteiger partial charge on any atom is 0.208 e. The number of nitrogens with one attached hydrogen (secondary N) is 3. The summed E-state index contributed by atoms with van der Waals surface area (Å²) in [5, 5.41) is 6.45. The fraction of sp³-hybridized carbons (Fsp3) is 0.588. The summed E-state index contributed by atoms with van der Waals surface area (Å²) in [5.74, 6) is 0.656. The van der Waals surface area contributed by atoms with Crippen molar-refractivity contribution in [2.24, 2.45) is 4.99 Å². The van der Waals surface area contributed by atoms with Gasteiger partial charge in [-0.15, -0.1) is 24.0 Å². The van der Waals surface area contributed by atoms with Gasteiger partial charge in [0.05, 0.1) is 12.3 Å². The maximum atomic E-state index is 11.1. The first-order chi connectivity index (χ1) is 11.9. The molecule has 0 spiro atoms. The summed E-state index contributed by atoms with van der Waals surface area (Å²) in [6.07, 6.45) is 1.15. The molecule has 0 heterocycles. The van der Waals surface area contributed by atoms with Crippen molar-refractivity contribution in [2.45, 2.75) is 19.9 Å². The Morgan fingerprint density at radius 1 is 1.12 bits per heavy atom. The molecule has 1 unspecified atom stereocenters. The van der Waals surface area contributed by atoms with Crippen molar-refractivity contribution >= 4 is 40.0 Å². The van der Waals surface area contributed by atoms with E-state index in [4.69, 9.17) is 0 Å². The van der Waals surface area contributed by atoms with Gasteiger partial charge in [-0.3, -0.25) is 9.89 Å². The van der Waals surface area contributed by atoms with Gasteiger partial charge in [0.25, 0.3) is 0 Å². The molecular weight excluding hydrogens is 465 g/mol. The zero-order valence-electron chi connectivity index (χ0n) is 16.0. The van der Waals surface area contributed by atoms with Crippen molar-refractivity contribution in [1.29, 1.82) is 0 Å². The Morgan fingerprint density at radius 2 is 1.73 bits per heavy atom. The van der Waals surface area contributed by atoms with Gasteiger partial charge in [-0.05, 0) is 18.7 Å². The van der Waals surface area contributed by atoms with E-state index in [1.807, 2.05) is 6.07 Å². The van der Waals surface area contributed by atoms with Crippen molar-refractivity contribution < 1.29 is 8.42 Å². The summed E-state index contributed by atoms with van der Waals surface area (Å²) in [7, 11) is -1.46. The molecule has 150 valence electrons. The second kappa shape index (κ2) is 13.3. The van der Waals surface area contributed by atoms with Gasteiger partial charge >= 0.3 is 0 Å². The quantitative estimate of drug-likeness (QED) is 0.197. The number of sulfonamides is 1. The van der Waals surface area contributed by atoms with Gasteiger partial charge in [0.1, 0.15) is 0 Å². The first kappa shape index (κ1) is 25.1. The van der Waals surface area contributed by atoms with Crippen molar-refractivity contribution in [2.75, 3.05) is 46.0 Å². The van der Waals surface area contributed by atoms with E-state index in [1.165, 1.54) is 5.56 Å². The largest absolute Gasteiger partial charge is 0.355 e. The van der Waals surface area contributed by atoms with Crippen LogP contribution in [0.4, 0.5) is 0 Å². The van der Waals surface area contributed by atoms with E-state index < -0.39 is 10.0 Å². The fourth-order valence-corrected chi connectivity index (χ4v) is 3.10. The van der Waals surface area contributed by atoms with Gasteiger partial charge in [-0.1, -0.05) is 44.2 Å². The molecule has 26 heavy (non-hydrogen) atoms. The molecule has 0 radical (unpaired) electrons. The van der Waals surface area contributed by atoms with Gasteiger partial charge in [-0.25, -0.2) is 13.1 Å².